The first-order valence-corrected chi connectivity index (χ1v) is 7.70. The van der Waals surface area contributed by atoms with Crippen LogP contribution in [0.1, 0.15) is 18.9 Å². The lowest BCUT2D eigenvalue weighted by Crippen LogP contribution is -2.41. The molecule has 0 aliphatic carbocycles. The number of benzene rings is 1. The predicted molar refractivity (Wildman–Crippen MR) is 107 cm³/mol. The monoisotopic (exact) mass is 442 g/mol. The molecule has 0 spiro atoms. The first-order chi connectivity index (χ1) is 11.1. The summed E-state index contributed by atoms with van der Waals surface area (Å²) < 4.78 is 0. The minimum absolute atomic E-state index is 0. The van der Waals surface area contributed by atoms with E-state index < -0.39 is 0 Å². The van der Waals surface area contributed by atoms with Gasteiger partial charge >= 0.3 is 0 Å². The van der Waals surface area contributed by atoms with Gasteiger partial charge in [0.05, 0.1) is 6.10 Å². The maximum atomic E-state index is 12.0. The van der Waals surface area contributed by atoms with E-state index in [4.69, 9.17) is 6.42 Å². The molecule has 0 saturated carbocycles. The third kappa shape index (κ3) is 6.02. The maximum absolute atomic E-state index is 12.0. The number of aliphatic hydroxyl groups excluding tert-OH is 1. The van der Waals surface area contributed by atoms with Gasteiger partial charge in [-0.1, -0.05) is 12.0 Å². The summed E-state index contributed by atoms with van der Waals surface area (Å²) in [5, 5.41) is 15.5. The number of guanidine groups is 1. The molecule has 1 amide bonds. The fraction of sp³-hybridized carbons (Fsp3) is 0.412. The highest BCUT2D eigenvalue weighted by Gasteiger charge is 2.22. The predicted octanol–water partition coefficient (Wildman–Crippen LogP) is 1.26. The fourth-order valence-corrected chi connectivity index (χ4v) is 2.39. The summed E-state index contributed by atoms with van der Waals surface area (Å²) >= 11 is 0. The Kier molecular flexibility index (Phi) is 8.57. The Morgan fingerprint density at radius 1 is 1.54 bits per heavy atom. The molecule has 1 aliphatic rings. The third-order valence-corrected chi connectivity index (χ3v) is 3.48. The number of halogens is 1. The van der Waals surface area contributed by atoms with Crippen molar-refractivity contribution in [2.45, 2.75) is 19.4 Å². The molecule has 130 valence electrons. The van der Waals surface area contributed by atoms with Crippen molar-refractivity contribution in [2.75, 3.05) is 31.5 Å². The number of aliphatic imine (C=N–C) groups is 1. The Balaban J connectivity index is 0.00000288. The normalized spacial score (nSPS) is 17.0. The number of β-amino-alcohol motifs (C(OH)–C–C–N with tert-alkyl or cyclic N) is 1. The number of carbonyl (C=O) groups excluding carboxylic acids is 1. The zero-order valence-electron chi connectivity index (χ0n) is 13.7. The van der Waals surface area contributed by atoms with Crippen LogP contribution in [-0.4, -0.2) is 54.2 Å². The van der Waals surface area contributed by atoms with Crippen LogP contribution in [0.4, 0.5) is 5.69 Å². The lowest BCUT2D eigenvalue weighted by Gasteiger charge is -2.20. The van der Waals surface area contributed by atoms with E-state index in [-0.39, 0.29) is 42.5 Å². The number of nitrogens with zero attached hydrogens (tertiary/aromatic N) is 2. The summed E-state index contributed by atoms with van der Waals surface area (Å²) in [4.78, 5) is 18.3. The molecule has 1 fully saturated rings. The van der Waals surface area contributed by atoms with Gasteiger partial charge in [-0.3, -0.25) is 4.79 Å². The molecular formula is C17H23IN4O2. The van der Waals surface area contributed by atoms with Crippen molar-refractivity contribution in [1.82, 2.24) is 10.2 Å². The number of nitrogens with one attached hydrogen (secondary N) is 2. The molecule has 0 unspecified atom stereocenters. The van der Waals surface area contributed by atoms with Crippen molar-refractivity contribution in [3.8, 4) is 12.3 Å². The van der Waals surface area contributed by atoms with Crippen LogP contribution in [0.3, 0.4) is 0 Å². The minimum atomic E-state index is -0.334. The molecule has 24 heavy (non-hydrogen) atoms. The van der Waals surface area contributed by atoms with Crippen molar-refractivity contribution in [3.05, 3.63) is 29.8 Å². The lowest BCUT2D eigenvalue weighted by atomic mass is 10.2. The topological polar surface area (TPSA) is 77.0 Å². The number of aliphatic hydroxyl groups is 1. The zero-order valence-corrected chi connectivity index (χ0v) is 16.0. The van der Waals surface area contributed by atoms with Crippen LogP contribution in [0, 0.1) is 12.3 Å². The van der Waals surface area contributed by atoms with Gasteiger partial charge in [-0.25, -0.2) is 4.99 Å². The fourth-order valence-electron chi connectivity index (χ4n) is 2.39. The Morgan fingerprint density at radius 2 is 2.33 bits per heavy atom. The molecule has 1 saturated heterocycles. The molecule has 7 heteroatoms. The minimum Gasteiger partial charge on any atom is -0.391 e. The average molecular weight is 442 g/mol. The summed E-state index contributed by atoms with van der Waals surface area (Å²) in [6, 6.07) is 7.12. The van der Waals surface area contributed by atoms with Crippen molar-refractivity contribution < 1.29 is 9.90 Å². The molecule has 1 aromatic carbocycles. The SMILES string of the molecule is C#Cc1cccc(NC(=O)CN=C(NCC)N2CC[C@@H](O)C2)c1.I. The van der Waals surface area contributed by atoms with Crippen LogP contribution < -0.4 is 10.6 Å². The number of rotatable bonds is 4. The number of hydrogen-bond donors (Lipinski definition) is 3. The van der Waals surface area contributed by atoms with E-state index in [9.17, 15) is 9.90 Å². The Morgan fingerprint density at radius 3 is 2.96 bits per heavy atom. The number of likely N-dealkylation sites (tertiary alicyclic amines) is 1. The van der Waals surface area contributed by atoms with Crippen molar-refractivity contribution in [3.63, 3.8) is 0 Å². The van der Waals surface area contributed by atoms with Gasteiger partial charge in [-0.2, -0.15) is 0 Å². The first-order valence-electron chi connectivity index (χ1n) is 7.70. The number of amides is 1. The van der Waals surface area contributed by atoms with Gasteiger partial charge in [0.1, 0.15) is 6.54 Å². The molecule has 1 atom stereocenters. The summed E-state index contributed by atoms with van der Waals surface area (Å²) in [6.45, 7) is 3.95. The maximum Gasteiger partial charge on any atom is 0.246 e. The van der Waals surface area contributed by atoms with Gasteiger partial charge in [0.15, 0.2) is 5.96 Å². The van der Waals surface area contributed by atoms with E-state index in [1.54, 1.807) is 24.3 Å². The van der Waals surface area contributed by atoms with Crippen molar-refractivity contribution in [2.24, 2.45) is 4.99 Å². The molecule has 1 aromatic rings. The molecule has 1 heterocycles. The van der Waals surface area contributed by atoms with Gasteiger partial charge in [0, 0.05) is 30.9 Å². The number of anilines is 1. The lowest BCUT2D eigenvalue weighted by molar-refractivity contribution is -0.114. The van der Waals surface area contributed by atoms with Gasteiger partial charge in [-0.15, -0.1) is 30.4 Å². The molecule has 2 rings (SSSR count). The molecule has 1 aliphatic heterocycles. The third-order valence-electron chi connectivity index (χ3n) is 3.48. The molecule has 3 N–H and O–H groups in total. The standard InChI is InChI=1S/C17H22N4O2.HI/c1-3-13-6-5-7-14(10-13)20-16(23)11-19-17(18-4-2)21-9-8-15(22)12-21;/h1,5-7,10,15,22H,4,8-9,11-12H2,2H3,(H,18,19)(H,20,23);1H/t15-;/m1./s1. The number of hydrogen-bond acceptors (Lipinski definition) is 3. The number of carbonyl (C=O) groups is 1. The molecule has 0 aromatic heterocycles. The molecule has 0 radical (unpaired) electrons. The van der Waals surface area contributed by atoms with Crippen molar-refractivity contribution in [1.29, 1.82) is 0 Å². The van der Waals surface area contributed by atoms with Crippen LogP contribution in [0.2, 0.25) is 0 Å². The van der Waals surface area contributed by atoms with E-state index in [1.807, 2.05) is 11.8 Å². The summed E-state index contributed by atoms with van der Waals surface area (Å²) in [6.07, 6.45) is 5.73. The summed E-state index contributed by atoms with van der Waals surface area (Å²) in [7, 11) is 0. The van der Waals surface area contributed by atoms with E-state index in [0.717, 1.165) is 13.0 Å². The average Bonchev–Trinajstić information content (AvgIpc) is 2.98. The zero-order chi connectivity index (χ0) is 16.7. The quantitative estimate of drug-likeness (QED) is 0.284. The highest BCUT2D eigenvalue weighted by Crippen LogP contribution is 2.10. The molecule has 0 bridgehead atoms. The summed E-state index contributed by atoms with van der Waals surface area (Å²) in [5.41, 5.74) is 1.37. The smallest absolute Gasteiger partial charge is 0.246 e. The van der Waals surface area contributed by atoms with E-state index in [1.165, 1.54) is 0 Å². The number of terminal acetylenes is 1. The second-order valence-corrected chi connectivity index (χ2v) is 5.33. The summed E-state index contributed by atoms with van der Waals surface area (Å²) in [5.74, 6) is 2.97. The Hall–Kier alpha value is -1.79. The largest absolute Gasteiger partial charge is 0.391 e. The van der Waals surface area contributed by atoms with E-state index >= 15 is 0 Å². The first kappa shape index (κ1) is 20.3. The van der Waals surface area contributed by atoms with Crippen LogP contribution >= 0.6 is 24.0 Å². The van der Waals surface area contributed by atoms with Gasteiger partial charge in [0.2, 0.25) is 5.91 Å². The second-order valence-electron chi connectivity index (χ2n) is 5.33. The van der Waals surface area contributed by atoms with Gasteiger partial charge in [-0.05, 0) is 31.5 Å². The van der Waals surface area contributed by atoms with Crippen molar-refractivity contribution >= 4 is 41.5 Å². The Labute approximate surface area is 159 Å². The molecule has 6 nitrogen and oxygen atoms in total. The van der Waals surface area contributed by atoms with E-state index in [2.05, 4.69) is 21.5 Å². The van der Waals surface area contributed by atoms with E-state index in [0.29, 0.717) is 30.3 Å². The highest BCUT2D eigenvalue weighted by molar-refractivity contribution is 14.0. The van der Waals surface area contributed by atoms with Gasteiger partial charge in [0.25, 0.3) is 0 Å². The van der Waals surface area contributed by atoms with Crippen LogP contribution in [0.5, 0.6) is 0 Å². The van der Waals surface area contributed by atoms with Crippen LogP contribution in [0.25, 0.3) is 0 Å². The molecular weight excluding hydrogens is 419 g/mol. The van der Waals surface area contributed by atoms with Crippen LogP contribution in [0.15, 0.2) is 29.3 Å². The Bertz CT molecular complexity index is 627. The van der Waals surface area contributed by atoms with Gasteiger partial charge < -0.3 is 20.6 Å². The second kappa shape index (κ2) is 10.2. The highest BCUT2D eigenvalue weighted by atomic mass is 127. The van der Waals surface area contributed by atoms with Crippen LogP contribution in [-0.2, 0) is 4.79 Å².